The van der Waals surface area contributed by atoms with Crippen molar-refractivity contribution in [3.8, 4) is 5.69 Å². The summed E-state index contributed by atoms with van der Waals surface area (Å²) in [6.07, 6.45) is 10.3. The molecule has 118 valence electrons. The second-order valence-electron chi connectivity index (χ2n) is 5.69. The van der Waals surface area contributed by atoms with E-state index in [4.69, 9.17) is 0 Å². The molecule has 23 heavy (non-hydrogen) atoms. The zero-order valence-electron chi connectivity index (χ0n) is 13.6. The van der Waals surface area contributed by atoms with Gasteiger partial charge in [-0.2, -0.15) is 0 Å². The van der Waals surface area contributed by atoms with E-state index in [1.54, 1.807) is 6.20 Å². The molecule has 2 heterocycles. The molecule has 1 aromatic carbocycles. The molecule has 0 unspecified atom stereocenters. The van der Waals surface area contributed by atoms with Crippen molar-refractivity contribution in [2.75, 3.05) is 0 Å². The van der Waals surface area contributed by atoms with Crippen LogP contribution in [0.1, 0.15) is 43.5 Å². The smallest absolute Gasteiger partial charge is 0.0991 e. The van der Waals surface area contributed by atoms with Crippen LogP contribution in [-0.2, 0) is 0 Å². The highest BCUT2D eigenvalue weighted by Crippen LogP contribution is 2.22. The summed E-state index contributed by atoms with van der Waals surface area (Å²) in [4.78, 5) is 8.18. The van der Waals surface area contributed by atoms with Crippen molar-refractivity contribution >= 4 is 0 Å². The third kappa shape index (κ3) is 3.66. The lowest BCUT2D eigenvalue weighted by Gasteiger charge is -2.23. The SMILES string of the molecule is CC[C@H](N[C@@H](C)c1ccc(-n2ccnc2)cc1)c1ccncc1. The van der Waals surface area contributed by atoms with Crippen LogP contribution in [0.2, 0.25) is 0 Å². The van der Waals surface area contributed by atoms with Gasteiger partial charge in [0.25, 0.3) is 0 Å². The van der Waals surface area contributed by atoms with E-state index in [0.29, 0.717) is 6.04 Å². The van der Waals surface area contributed by atoms with Gasteiger partial charge in [-0.3, -0.25) is 4.98 Å². The molecular weight excluding hydrogens is 284 g/mol. The zero-order valence-corrected chi connectivity index (χ0v) is 13.6. The average Bonchev–Trinajstić information content (AvgIpc) is 3.15. The molecule has 3 aromatic rings. The Morgan fingerprint density at radius 3 is 2.30 bits per heavy atom. The van der Waals surface area contributed by atoms with Crippen molar-refractivity contribution in [2.24, 2.45) is 0 Å². The summed E-state index contributed by atoms with van der Waals surface area (Å²) in [6.45, 7) is 4.41. The van der Waals surface area contributed by atoms with E-state index in [1.807, 2.05) is 29.5 Å². The van der Waals surface area contributed by atoms with Crippen molar-refractivity contribution in [1.29, 1.82) is 0 Å². The van der Waals surface area contributed by atoms with E-state index in [0.717, 1.165) is 12.1 Å². The number of aromatic nitrogens is 3. The highest BCUT2D eigenvalue weighted by molar-refractivity contribution is 5.35. The molecule has 2 atom stereocenters. The molecule has 0 bridgehead atoms. The van der Waals surface area contributed by atoms with E-state index in [9.17, 15) is 0 Å². The molecule has 0 fully saturated rings. The highest BCUT2D eigenvalue weighted by Gasteiger charge is 2.13. The number of hydrogen-bond acceptors (Lipinski definition) is 3. The van der Waals surface area contributed by atoms with Crippen LogP contribution in [0.4, 0.5) is 0 Å². The number of rotatable bonds is 6. The minimum absolute atomic E-state index is 0.282. The Hall–Kier alpha value is -2.46. The summed E-state index contributed by atoms with van der Waals surface area (Å²) in [6, 6.07) is 13.4. The number of nitrogens with one attached hydrogen (secondary N) is 1. The van der Waals surface area contributed by atoms with Crippen LogP contribution in [0.5, 0.6) is 0 Å². The number of benzene rings is 1. The van der Waals surface area contributed by atoms with Gasteiger partial charge in [-0.1, -0.05) is 19.1 Å². The molecule has 4 heteroatoms. The van der Waals surface area contributed by atoms with E-state index >= 15 is 0 Å². The van der Waals surface area contributed by atoms with Crippen LogP contribution in [0.15, 0.2) is 67.5 Å². The van der Waals surface area contributed by atoms with Crippen molar-refractivity contribution in [2.45, 2.75) is 32.4 Å². The summed E-state index contributed by atoms with van der Waals surface area (Å²) in [7, 11) is 0. The maximum atomic E-state index is 4.10. The molecule has 3 rings (SSSR count). The standard InChI is InChI=1S/C19H22N4/c1-3-19(17-8-10-20-11-9-17)22-15(2)16-4-6-18(7-5-16)23-13-12-21-14-23/h4-15,19,22H,3H2,1-2H3/t15-,19-/m0/s1. The van der Waals surface area contributed by atoms with Gasteiger partial charge in [0.15, 0.2) is 0 Å². The summed E-state index contributed by atoms with van der Waals surface area (Å²) in [5.74, 6) is 0. The normalized spacial score (nSPS) is 13.7. The van der Waals surface area contributed by atoms with Gasteiger partial charge < -0.3 is 9.88 Å². The molecule has 0 spiro atoms. The number of hydrogen-bond donors (Lipinski definition) is 1. The molecule has 0 saturated heterocycles. The molecular formula is C19H22N4. The van der Waals surface area contributed by atoms with Gasteiger partial charge in [-0.15, -0.1) is 0 Å². The van der Waals surface area contributed by atoms with Crippen LogP contribution in [0.3, 0.4) is 0 Å². The monoisotopic (exact) mass is 306 g/mol. The van der Waals surface area contributed by atoms with Crippen LogP contribution in [0.25, 0.3) is 5.69 Å². The fourth-order valence-corrected chi connectivity index (χ4v) is 2.79. The van der Waals surface area contributed by atoms with E-state index < -0.39 is 0 Å². The van der Waals surface area contributed by atoms with Crippen LogP contribution in [-0.4, -0.2) is 14.5 Å². The van der Waals surface area contributed by atoms with Gasteiger partial charge in [0.2, 0.25) is 0 Å². The van der Waals surface area contributed by atoms with Gasteiger partial charge in [0, 0.05) is 42.6 Å². The Balaban J connectivity index is 1.71. The highest BCUT2D eigenvalue weighted by atomic mass is 15.0. The molecule has 0 aliphatic heterocycles. The lowest BCUT2D eigenvalue weighted by molar-refractivity contribution is 0.456. The summed E-state index contributed by atoms with van der Waals surface area (Å²) in [5, 5.41) is 3.71. The Morgan fingerprint density at radius 1 is 0.957 bits per heavy atom. The Bertz CT molecular complexity index is 705. The van der Waals surface area contributed by atoms with E-state index in [1.165, 1.54) is 11.1 Å². The van der Waals surface area contributed by atoms with Crippen molar-refractivity contribution < 1.29 is 0 Å². The predicted octanol–water partition coefficient (Wildman–Crippen LogP) is 4.07. The molecule has 0 saturated carbocycles. The Morgan fingerprint density at radius 2 is 1.70 bits per heavy atom. The van der Waals surface area contributed by atoms with E-state index in [-0.39, 0.29) is 6.04 Å². The van der Waals surface area contributed by atoms with Gasteiger partial charge in [-0.05, 0) is 48.7 Å². The topological polar surface area (TPSA) is 42.7 Å². The average molecular weight is 306 g/mol. The summed E-state index contributed by atoms with van der Waals surface area (Å²) >= 11 is 0. The molecule has 1 N–H and O–H groups in total. The van der Waals surface area contributed by atoms with Gasteiger partial charge >= 0.3 is 0 Å². The van der Waals surface area contributed by atoms with Crippen LogP contribution in [0, 0.1) is 0 Å². The summed E-state index contributed by atoms with van der Waals surface area (Å²) < 4.78 is 2.01. The molecule has 0 radical (unpaired) electrons. The third-order valence-corrected chi connectivity index (χ3v) is 4.16. The fourth-order valence-electron chi connectivity index (χ4n) is 2.79. The first-order valence-corrected chi connectivity index (χ1v) is 8.02. The first kappa shape index (κ1) is 15.4. The summed E-state index contributed by atoms with van der Waals surface area (Å²) in [5.41, 5.74) is 3.69. The minimum atomic E-state index is 0.282. The molecule has 4 nitrogen and oxygen atoms in total. The first-order valence-electron chi connectivity index (χ1n) is 8.02. The third-order valence-electron chi connectivity index (χ3n) is 4.16. The Kier molecular flexibility index (Phi) is 4.83. The van der Waals surface area contributed by atoms with Gasteiger partial charge in [0.1, 0.15) is 0 Å². The predicted molar refractivity (Wildman–Crippen MR) is 92.4 cm³/mol. The number of imidazole rings is 1. The fraction of sp³-hybridized carbons (Fsp3) is 0.263. The molecule has 2 aromatic heterocycles. The maximum Gasteiger partial charge on any atom is 0.0991 e. The number of pyridine rings is 1. The van der Waals surface area contributed by atoms with Crippen molar-refractivity contribution in [3.05, 3.63) is 78.6 Å². The quantitative estimate of drug-likeness (QED) is 0.746. The van der Waals surface area contributed by atoms with Crippen LogP contribution < -0.4 is 5.32 Å². The maximum absolute atomic E-state index is 4.10. The van der Waals surface area contributed by atoms with Crippen molar-refractivity contribution in [3.63, 3.8) is 0 Å². The number of nitrogens with zero attached hydrogens (tertiary/aromatic N) is 3. The van der Waals surface area contributed by atoms with Gasteiger partial charge in [-0.25, -0.2) is 4.98 Å². The van der Waals surface area contributed by atoms with Gasteiger partial charge in [0.05, 0.1) is 6.33 Å². The lowest BCUT2D eigenvalue weighted by atomic mass is 10.0. The minimum Gasteiger partial charge on any atom is -0.306 e. The zero-order chi connectivity index (χ0) is 16.1. The molecule has 0 amide bonds. The molecule has 0 aliphatic rings. The second-order valence-corrected chi connectivity index (χ2v) is 5.69. The van der Waals surface area contributed by atoms with Crippen LogP contribution >= 0.6 is 0 Å². The Labute approximate surface area is 137 Å². The van der Waals surface area contributed by atoms with Crippen molar-refractivity contribution in [1.82, 2.24) is 19.9 Å². The van der Waals surface area contributed by atoms with E-state index in [2.05, 4.69) is 65.5 Å². The molecule has 0 aliphatic carbocycles. The largest absolute Gasteiger partial charge is 0.306 e. The first-order chi connectivity index (χ1) is 11.3. The second kappa shape index (κ2) is 7.20. The lowest BCUT2D eigenvalue weighted by Crippen LogP contribution is -2.24.